The third-order valence-corrected chi connectivity index (χ3v) is 4.60. The molecular formula is C17H26Cl2N2O. The topological polar surface area (TPSA) is 41.1 Å². The van der Waals surface area contributed by atoms with Crippen LogP contribution in [0.4, 0.5) is 0 Å². The molecule has 0 unspecified atom stereocenters. The highest BCUT2D eigenvalue weighted by Gasteiger charge is 2.40. The molecule has 124 valence electrons. The zero-order chi connectivity index (χ0) is 15.1. The Bertz CT molecular complexity index is 473. The van der Waals surface area contributed by atoms with Gasteiger partial charge in [-0.1, -0.05) is 36.6 Å². The van der Waals surface area contributed by atoms with Gasteiger partial charge in [0, 0.05) is 11.6 Å². The van der Waals surface area contributed by atoms with Crippen molar-refractivity contribution >= 4 is 29.9 Å². The van der Waals surface area contributed by atoms with E-state index >= 15 is 0 Å². The Hall–Kier alpha value is -0.770. The lowest BCUT2D eigenvalue weighted by atomic mass is 9.79. The minimum Gasteiger partial charge on any atom is -0.356 e. The second-order valence-corrected chi connectivity index (χ2v) is 6.44. The van der Waals surface area contributed by atoms with Gasteiger partial charge in [0.15, 0.2) is 0 Å². The van der Waals surface area contributed by atoms with Gasteiger partial charge in [-0.3, -0.25) is 4.79 Å². The zero-order valence-electron chi connectivity index (χ0n) is 13.2. The van der Waals surface area contributed by atoms with Crippen molar-refractivity contribution in [3.05, 3.63) is 34.9 Å². The smallest absolute Gasteiger partial charge is 0.226 e. The predicted molar refractivity (Wildman–Crippen MR) is 94.9 cm³/mol. The fourth-order valence-corrected chi connectivity index (χ4v) is 3.44. The number of hydrogen-bond acceptors (Lipinski definition) is 2. The van der Waals surface area contributed by atoms with E-state index in [1.54, 1.807) is 0 Å². The molecule has 5 heteroatoms. The monoisotopic (exact) mass is 344 g/mol. The number of amides is 1. The van der Waals surface area contributed by atoms with E-state index in [9.17, 15) is 4.79 Å². The summed E-state index contributed by atoms with van der Waals surface area (Å²) in [5.74, 6) is 0.219. The van der Waals surface area contributed by atoms with Crippen molar-refractivity contribution < 1.29 is 4.79 Å². The minimum absolute atomic E-state index is 0. The van der Waals surface area contributed by atoms with Crippen LogP contribution in [0.15, 0.2) is 24.3 Å². The van der Waals surface area contributed by atoms with Gasteiger partial charge in [-0.2, -0.15) is 0 Å². The van der Waals surface area contributed by atoms with Gasteiger partial charge in [-0.15, -0.1) is 12.4 Å². The number of nitrogens with one attached hydrogen (secondary N) is 2. The first-order valence-corrected chi connectivity index (χ1v) is 8.21. The first-order chi connectivity index (χ1) is 10.2. The van der Waals surface area contributed by atoms with Gasteiger partial charge >= 0.3 is 0 Å². The number of hydrogen-bond donors (Lipinski definition) is 2. The van der Waals surface area contributed by atoms with Gasteiger partial charge in [-0.05, 0) is 57.0 Å². The van der Waals surface area contributed by atoms with Crippen LogP contribution in [0.1, 0.15) is 37.7 Å². The standard InChI is InChI=1S/C17H25ClN2O.ClH/c1-19-10-5-11-20-16(21)17(8-2-3-9-17)13-14-6-4-7-15(18)12-14;/h4,6-7,12,19H,2-3,5,8-11,13H2,1H3,(H,20,21);1H. The Balaban J connectivity index is 0.00000242. The fraction of sp³-hybridized carbons (Fsp3) is 0.588. The third-order valence-electron chi connectivity index (χ3n) is 4.36. The van der Waals surface area contributed by atoms with Crippen LogP contribution in [0.2, 0.25) is 5.02 Å². The van der Waals surface area contributed by atoms with Crippen molar-refractivity contribution in [1.29, 1.82) is 0 Å². The highest BCUT2D eigenvalue weighted by Crippen LogP contribution is 2.41. The second-order valence-electron chi connectivity index (χ2n) is 6.01. The van der Waals surface area contributed by atoms with Crippen molar-refractivity contribution in [2.24, 2.45) is 5.41 Å². The van der Waals surface area contributed by atoms with Crippen LogP contribution in [0.5, 0.6) is 0 Å². The molecule has 1 saturated carbocycles. The Morgan fingerprint density at radius 1 is 1.27 bits per heavy atom. The van der Waals surface area contributed by atoms with Crippen LogP contribution in [0.25, 0.3) is 0 Å². The Morgan fingerprint density at radius 2 is 2.00 bits per heavy atom. The first-order valence-electron chi connectivity index (χ1n) is 7.84. The molecule has 1 amide bonds. The Labute approximate surface area is 144 Å². The largest absolute Gasteiger partial charge is 0.356 e. The molecule has 0 radical (unpaired) electrons. The molecule has 1 aliphatic rings. The van der Waals surface area contributed by atoms with Crippen molar-refractivity contribution in [3.8, 4) is 0 Å². The van der Waals surface area contributed by atoms with Crippen LogP contribution in [-0.2, 0) is 11.2 Å². The molecule has 2 rings (SSSR count). The van der Waals surface area contributed by atoms with Gasteiger partial charge in [0.2, 0.25) is 5.91 Å². The van der Waals surface area contributed by atoms with Gasteiger partial charge in [0.1, 0.15) is 0 Å². The number of carbonyl (C=O) groups is 1. The summed E-state index contributed by atoms with van der Waals surface area (Å²) in [5, 5.41) is 6.97. The van der Waals surface area contributed by atoms with Crippen LogP contribution in [0, 0.1) is 5.41 Å². The van der Waals surface area contributed by atoms with Crippen molar-refractivity contribution in [2.45, 2.75) is 38.5 Å². The third kappa shape index (κ3) is 5.15. The predicted octanol–water partition coefficient (Wildman–Crippen LogP) is 3.59. The van der Waals surface area contributed by atoms with E-state index < -0.39 is 0 Å². The van der Waals surface area contributed by atoms with Gasteiger partial charge in [0.25, 0.3) is 0 Å². The molecule has 22 heavy (non-hydrogen) atoms. The zero-order valence-corrected chi connectivity index (χ0v) is 14.7. The Morgan fingerprint density at radius 3 is 2.64 bits per heavy atom. The lowest BCUT2D eigenvalue weighted by Gasteiger charge is -2.28. The van der Waals surface area contributed by atoms with E-state index in [4.69, 9.17) is 11.6 Å². The Kier molecular flexibility index (Phi) is 8.23. The molecule has 2 N–H and O–H groups in total. The van der Waals surface area contributed by atoms with E-state index in [0.29, 0.717) is 0 Å². The summed E-state index contributed by atoms with van der Waals surface area (Å²) in [4.78, 5) is 12.7. The highest BCUT2D eigenvalue weighted by molar-refractivity contribution is 6.30. The fourth-order valence-electron chi connectivity index (χ4n) is 3.23. The van der Waals surface area contributed by atoms with E-state index in [0.717, 1.165) is 62.2 Å². The maximum atomic E-state index is 12.7. The molecule has 0 spiro atoms. The first kappa shape index (κ1) is 19.3. The summed E-state index contributed by atoms with van der Waals surface area (Å²) in [6.07, 6.45) is 6.02. The molecular weight excluding hydrogens is 319 g/mol. The summed E-state index contributed by atoms with van der Waals surface area (Å²) >= 11 is 6.07. The number of rotatable bonds is 7. The maximum Gasteiger partial charge on any atom is 0.226 e. The molecule has 0 aliphatic heterocycles. The number of carbonyl (C=O) groups excluding carboxylic acids is 1. The SMILES string of the molecule is CNCCCNC(=O)C1(Cc2cccc(Cl)c2)CCCC1.Cl. The molecule has 0 heterocycles. The summed E-state index contributed by atoms with van der Waals surface area (Å²) in [6.45, 7) is 1.68. The molecule has 0 saturated heterocycles. The summed E-state index contributed by atoms with van der Waals surface area (Å²) in [7, 11) is 1.93. The highest BCUT2D eigenvalue weighted by atomic mass is 35.5. The average molecular weight is 345 g/mol. The molecule has 0 aromatic heterocycles. The number of halogens is 2. The van der Waals surface area contributed by atoms with E-state index in [2.05, 4.69) is 16.7 Å². The van der Waals surface area contributed by atoms with E-state index in [-0.39, 0.29) is 23.7 Å². The molecule has 1 aromatic rings. The van der Waals surface area contributed by atoms with Crippen LogP contribution in [-0.4, -0.2) is 26.0 Å². The molecule has 1 aliphatic carbocycles. The molecule has 3 nitrogen and oxygen atoms in total. The lowest BCUT2D eigenvalue weighted by molar-refractivity contribution is -0.130. The minimum atomic E-state index is -0.232. The summed E-state index contributed by atoms with van der Waals surface area (Å²) in [6, 6.07) is 7.89. The van der Waals surface area contributed by atoms with Crippen LogP contribution >= 0.6 is 24.0 Å². The quantitative estimate of drug-likeness (QED) is 0.742. The average Bonchev–Trinajstić information content (AvgIpc) is 2.93. The van der Waals surface area contributed by atoms with Gasteiger partial charge in [-0.25, -0.2) is 0 Å². The molecule has 1 fully saturated rings. The summed E-state index contributed by atoms with van der Waals surface area (Å²) in [5.41, 5.74) is 0.930. The normalized spacial score (nSPS) is 16.1. The lowest BCUT2D eigenvalue weighted by Crippen LogP contribution is -2.41. The van der Waals surface area contributed by atoms with Crippen LogP contribution in [0.3, 0.4) is 0 Å². The maximum absolute atomic E-state index is 12.7. The van der Waals surface area contributed by atoms with Crippen molar-refractivity contribution in [1.82, 2.24) is 10.6 Å². The van der Waals surface area contributed by atoms with E-state index in [1.165, 1.54) is 0 Å². The van der Waals surface area contributed by atoms with Gasteiger partial charge < -0.3 is 10.6 Å². The molecule has 1 aromatic carbocycles. The van der Waals surface area contributed by atoms with Gasteiger partial charge in [0.05, 0.1) is 5.41 Å². The summed E-state index contributed by atoms with van der Waals surface area (Å²) < 4.78 is 0. The molecule has 0 bridgehead atoms. The number of benzene rings is 1. The van der Waals surface area contributed by atoms with Crippen molar-refractivity contribution in [3.63, 3.8) is 0 Å². The van der Waals surface area contributed by atoms with E-state index in [1.807, 2.05) is 25.2 Å². The van der Waals surface area contributed by atoms with Crippen LogP contribution < -0.4 is 10.6 Å². The molecule has 0 atom stereocenters. The second kappa shape index (κ2) is 9.39. The van der Waals surface area contributed by atoms with Crippen molar-refractivity contribution in [2.75, 3.05) is 20.1 Å².